The van der Waals surface area contributed by atoms with Crippen LogP contribution in [0.25, 0.3) is 0 Å². The van der Waals surface area contributed by atoms with Gasteiger partial charge in [-0.15, -0.1) is 0 Å². The number of nitrogens with zero attached hydrogens (tertiary/aromatic N) is 2. The minimum Gasteiger partial charge on any atom is -0.381 e. The van der Waals surface area contributed by atoms with Gasteiger partial charge in [0, 0.05) is 39.3 Å². The van der Waals surface area contributed by atoms with Gasteiger partial charge in [0.25, 0.3) is 10.2 Å². The van der Waals surface area contributed by atoms with Crippen molar-refractivity contribution in [3.8, 4) is 0 Å². The maximum Gasteiger partial charge on any atom is 0.282 e. The monoisotopic (exact) mass is 303 g/mol. The second-order valence-electron chi connectivity index (χ2n) is 6.32. The quantitative estimate of drug-likeness (QED) is 0.794. The lowest BCUT2D eigenvalue weighted by Crippen LogP contribution is -2.48. The molecule has 6 nitrogen and oxygen atoms in total. The van der Waals surface area contributed by atoms with E-state index < -0.39 is 10.2 Å². The van der Waals surface area contributed by atoms with Crippen molar-refractivity contribution in [1.82, 2.24) is 8.61 Å². The number of hydrogen-bond acceptors (Lipinski definition) is 4. The molecule has 0 unspecified atom stereocenters. The van der Waals surface area contributed by atoms with Gasteiger partial charge in [-0.2, -0.15) is 17.0 Å². The van der Waals surface area contributed by atoms with E-state index in [9.17, 15) is 8.42 Å². The van der Waals surface area contributed by atoms with Gasteiger partial charge in [0.2, 0.25) is 0 Å². The molecule has 0 radical (unpaired) electrons. The smallest absolute Gasteiger partial charge is 0.282 e. The van der Waals surface area contributed by atoms with Crippen molar-refractivity contribution < 1.29 is 13.2 Å². The second-order valence-corrected chi connectivity index (χ2v) is 8.25. The van der Waals surface area contributed by atoms with Gasteiger partial charge in [0.15, 0.2) is 0 Å². The Morgan fingerprint density at radius 1 is 1.05 bits per heavy atom. The van der Waals surface area contributed by atoms with Crippen LogP contribution in [0.3, 0.4) is 0 Å². The Morgan fingerprint density at radius 3 is 2.25 bits per heavy atom. The van der Waals surface area contributed by atoms with E-state index in [0.29, 0.717) is 38.0 Å². The Labute approximate surface area is 121 Å². The highest BCUT2D eigenvalue weighted by Crippen LogP contribution is 2.41. The van der Waals surface area contributed by atoms with E-state index in [0.717, 1.165) is 12.8 Å². The summed E-state index contributed by atoms with van der Waals surface area (Å²) in [5, 5.41) is 0. The van der Waals surface area contributed by atoms with Gasteiger partial charge in [0.1, 0.15) is 0 Å². The van der Waals surface area contributed by atoms with Gasteiger partial charge < -0.3 is 10.5 Å². The van der Waals surface area contributed by atoms with Gasteiger partial charge in [0.05, 0.1) is 6.10 Å². The van der Waals surface area contributed by atoms with Gasteiger partial charge in [-0.3, -0.25) is 0 Å². The lowest BCUT2D eigenvalue weighted by Gasteiger charge is -2.33. The molecule has 3 rings (SSSR count). The zero-order valence-electron chi connectivity index (χ0n) is 12.1. The number of methoxy groups -OCH3 is 1. The van der Waals surface area contributed by atoms with Gasteiger partial charge in [-0.05, 0) is 37.5 Å². The van der Waals surface area contributed by atoms with Crippen molar-refractivity contribution in [2.75, 3.05) is 33.3 Å². The van der Waals surface area contributed by atoms with Crippen molar-refractivity contribution in [1.29, 1.82) is 0 Å². The van der Waals surface area contributed by atoms with Crippen molar-refractivity contribution >= 4 is 10.2 Å². The summed E-state index contributed by atoms with van der Waals surface area (Å²) in [4.78, 5) is 0. The van der Waals surface area contributed by atoms with Crippen molar-refractivity contribution in [3.63, 3.8) is 0 Å². The summed E-state index contributed by atoms with van der Waals surface area (Å²) in [6, 6.07) is 0.00814. The molecule has 2 atom stereocenters. The van der Waals surface area contributed by atoms with Gasteiger partial charge in [-0.25, -0.2) is 0 Å². The molecular weight excluding hydrogens is 278 g/mol. The number of hydrogen-bond donors (Lipinski definition) is 1. The molecule has 0 aromatic carbocycles. The zero-order chi connectivity index (χ0) is 14.3. The Balaban J connectivity index is 1.63. The molecular formula is C13H25N3O3S. The van der Waals surface area contributed by atoms with Crippen LogP contribution in [0.15, 0.2) is 0 Å². The molecule has 3 aliphatic rings. The average Bonchev–Trinajstić information content (AvgIpc) is 3.21. The third-order valence-electron chi connectivity index (χ3n) is 4.99. The minimum atomic E-state index is -3.33. The van der Waals surface area contributed by atoms with Crippen LogP contribution in [-0.2, 0) is 14.9 Å². The number of piperidine rings is 1. The van der Waals surface area contributed by atoms with Crippen LogP contribution in [0.5, 0.6) is 0 Å². The summed E-state index contributed by atoms with van der Waals surface area (Å²) >= 11 is 0. The van der Waals surface area contributed by atoms with E-state index in [4.69, 9.17) is 10.5 Å². The molecule has 0 spiro atoms. The van der Waals surface area contributed by atoms with Crippen molar-refractivity contribution in [3.05, 3.63) is 0 Å². The molecule has 3 fully saturated rings. The summed E-state index contributed by atoms with van der Waals surface area (Å²) in [6.07, 6.45) is 4.18. The number of rotatable bonds is 4. The van der Waals surface area contributed by atoms with E-state index in [-0.39, 0.29) is 12.1 Å². The van der Waals surface area contributed by atoms with Crippen molar-refractivity contribution in [2.24, 2.45) is 17.6 Å². The van der Waals surface area contributed by atoms with Gasteiger partial charge >= 0.3 is 0 Å². The number of nitrogens with two attached hydrogens (primary N) is 1. The molecule has 20 heavy (non-hydrogen) atoms. The molecule has 116 valence electrons. The predicted molar refractivity (Wildman–Crippen MR) is 76.3 cm³/mol. The summed E-state index contributed by atoms with van der Waals surface area (Å²) in [5.41, 5.74) is 6.14. The fraction of sp³-hybridized carbons (Fsp3) is 1.00. The first kappa shape index (κ1) is 14.7. The highest BCUT2D eigenvalue weighted by molar-refractivity contribution is 7.86. The van der Waals surface area contributed by atoms with E-state index >= 15 is 0 Å². The summed E-state index contributed by atoms with van der Waals surface area (Å²) < 4.78 is 33.8. The van der Waals surface area contributed by atoms with Crippen LogP contribution in [0, 0.1) is 11.8 Å². The Hall–Kier alpha value is -0.210. The first-order valence-corrected chi connectivity index (χ1v) is 8.95. The predicted octanol–water partition coefficient (Wildman–Crippen LogP) is 0.0111. The van der Waals surface area contributed by atoms with Gasteiger partial charge in [-0.1, -0.05) is 0 Å². The summed E-state index contributed by atoms with van der Waals surface area (Å²) in [7, 11) is -1.64. The molecule has 7 heteroatoms. The molecule has 0 aromatic heterocycles. The van der Waals surface area contributed by atoms with E-state index in [2.05, 4.69) is 0 Å². The van der Waals surface area contributed by atoms with E-state index in [1.54, 1.807) is 15.7 Å². The average molecular weight is 303 g/mol. The topological polar surface area (TPSA) is 75.9 Å². The molecule has 1 saturated carbocycles. The molecule has 1 aliphatic carbocycles. The van der Waals surface area contributed by atoms with Crippen LogP contribution >= 0.6 is 0 Å². The first-order chi connectivity index (χ1) is 9.52. The van der Waals surface area contributed by atoms with E-state index in [1.165, 1.54) is 12.8 Å². The molecule has 0 amide bonds. The maximum atomic E-state index is 12.7. The fourth-order valence-electron chi connectivity index (χ4n) is 3.49. The first-order valence-electron chi connectivity index (χ1n) is 7.56. The highest BCUT2D eigenvalue weighted by atomic mass is 32.2. The largest absolute Gasteiger partial charge is 0.381 e. The summed E-state index contributed by atoms with van der Waals surface area (Å²) in [5.74, 6) is 1.02. The van der Waals surface area contributed by atoms with Crippen LogP contribution in [0.2, 0.25) is 0 Å². The van der Waals surface area contributed by atoms with Crippen molar-refractivity contribution in [2.45, 2.75) is 37.8 Å². The lowest BCUT2D eigenvalue weighted by atomic mass is 9.99. The van der Waals surface area contributed by atoms with Crippen LogP contribution < -0.4 is 5.73 Å². The Morgan fingerprint density at radius 2 is 1.70 bits per heavy atom. The molecule has 2 N–H and O–H groups in total. The molecule has 2 heterocycles. The normalized spacial score (nSPS) is 34.7. The number of ether oxygens (including phenoxy) is 1. The zero-order valence-corrected chi connectivity index (χ0v) is 12.9. The summed E-state index contributed by atoms with van der Waals surface area (Å²) in [6.45, 7) is 2.20. The van der Waals surface area contributed by atoms with Crippen LogP contribution in [0.1, 0.15) is 25.7 Å². The molecule has 2 aliphatic heterocycles. The standard InChI is InChI=1S/C13H25N3O3S/c1-19-11-4-6-15(7-5-11)20(17,18)16-8-12(10-2-3-10)13(14)9-16/h10-13H,2-9,14H2,1H3/t12-,13+/m1/s1. The highest BCUT2D eigenvalue weighted by Gasteiger charge is 2.45. The Kier molecular flexibility index (Phi) is 4.07. The molecule has 2 saturated heterocycles. The third kappa shape index (κ3) is 2.74. The lowest BCUT2D eigenvalue weighted by molar-refractivity contribution is 0.0592. The Bertz CT molecular complexity index is 444. The van der Waals surface area contributed by atoms with E-state index in [1.807, 2.05) is 0 Å². The van der Waals surface area contributed by atoms with Crippen LogP contribution in [0.4, 0.5) is 0 Å². The minimum absolute atomic E-state index is 0.00814. The third-order valence-corrected chi connectivity index (χ3v) is 6.96. The maximum absolute atomic E-state index is 12.7. The molecule has 0 bridgehead atoms. The van der Waals surface area contributed by atoms with Crippen LogP contribution in [-0.4, -0.2) is 62.5 Å². The second kappa shape index (κ2) is 5.53. The fourth-order valence-corrected chi connectivity index (χ4v) is 5.21. The molecule has 0 aromatic rings. The SMILES string of the molecule is COC1CCN(S(=O)(=O)N2C[C@H](C3CC3)[C@@H](N)C2)CC1.